The topological polar surface area (TPSA) is 59.0 Å². The summed E-state index contributed by atoms with van der Waals surface area (Å²) >= 11 is 0. The Bertz CT molecular complexity index is 1150. The standard InChI is InChI=1S/C28H32F3NO4/c1-4-17(2)36-26-10-5-19(11-25(26)28(29,30)31)16-35-23-8-9-24-18(3)21(7-6-20(24)12-23)13-32-14-22(15-32)27(33)34/h5,8-12,17,22H,4,6-7,13-16H2,1-3H3,(H,33,34)/t17-/m0/s1. The van der Waals surface area contributed by atoms with Crippen LogP contribution in [-0.2, 0) is 24.0 Å². The first-order valence-electron chi connectivity index (χ1n) is 12.3. The van der Waals surface area contributed by atoms with E-state index < -0.39 is 17.7 Å². The van der Waals surface area contributed by atoms with Crippen LogP contribution in [0.3, 0.4) is 0 Å². The molecule has 4 rings (SSSR count). The zero-order chi connectivity index (χ0) is 26.0. The Morgan fingerprint density at radius 2 is 1.92 bits per heavy atom. The number of hydrogen-bond donors (Lipinski definition) is 1. The lowest BCUT2D eigenvalue weighted by Crippen LogP contribution is -2.50. The number of ether oxygens (including phenoxy) is 2. The third-order valence-corrected chi connectivity index (χ3v) is 7.09. The summed E-state index contributed by atoms with van der Waals surface area (Å²) in [6.45, 7) is 7.67. The van der Waals surface area contributed by atoms with Gasteiger partial charge in [0.2, 0.25) is 0 Å². The molecule has 0 radical (unpaired) electrons. The molecule has 1 N–H and O–H groups in total. The SMILES string of the molecule is CC[C@H](C)Oc1ccc(COc2ccc3c(c2)CCC(CN2CC(C(=O)O)C2)=C3C)cc1C(F)(F)F. The number of nitrogens with zero attached hydrogens (tertiary/aromatic N) is 1. The molecule has 1 aliphatic carbocycles. The van der Waals surface area contributed by atoms with Gasteiger partial charge in [-0.3, -0.25) is 9.69 Å². The second kappa shape index (κ2) is 10.5. The van der Waals surface area contributed by atoms with Gasteiger partial charge in [-0.25, -0.2) is 0 Å². The van der Waals surface area contributed by atoms with Crippen LogP contribution in [0, 0.1) is 5.92 Å². The van der Waals surface area contributed by atoms with Gasteiger partial charge in [0.25, 0.3) is 0 Å². The van der Waals surface area contributed by atoms with Crippen molar-refractivity contribution >= 4 is 11.5 Å². The van der Waals surface area contributed by atoms with E-state index in [1.54, 1.807) is 13.0 Å². The predicted molar refractivity (Wildman–Crippen MR) is 131 cm³/mol. The number of carboxylic acids is 1. The second-order valence-electron chi connectivity index (χ2n) is 9.73. The van der Waals surface area contributed by atoms with E-state index >= 15 is 0 Å². The number of rotatable bonds is 9. The number of fused-ring (bicyclic) bond motifs is 1. The van der Waals surface area contributed by atoms with Crippen LogP contribution in [-0.4, -0.2) is 41.7 Å². The largest absolute Gasteiger partial charge is 0.490 e. The number of allylic oxidation sites excluding steroid dienone is 1. The summed E-state index contributed by atoms with van der Waals surface area (Å²) in [7, 11) is 0. The Morgan fingerprint density at radius 3 is 2.58 bits per heavy atom. The van der Waals surface area contributed by atoms with Crippen molar-refractivity contribution in [3.63, 3.8) is 0 Å². The molecular weight excluding hydrogens is 471 g/mol. The summed E-state index contributed by atoms with van der Waals surface area (Å²) in [6, 6.07) is 9.88. The van der Waals surface area contributed by atoms with E-state index in [-0.39, 0.29) is 24.4 Å². The minimum Gasteiger partial charge on any atom is -0.490 e. The first-order valence-corrected chi connectivity index (χ1v) is 12.3. The lowest BCUT2D eigenvalue weighted by Gasteiger charge is -2.38. The molecule has 194 valence electrons. The monoisotopic (exact) mass is 503 g/mol. The fraction of sp³-hybridized carbons (Fsp3) is 0.464. The van der Waals surface area contributed by atoms with Crippen molar-refractivity contribution in [3.8, 4) is 11.5 Å². The summed E-state index contributed by atoms with van der Waals surface area (Å²) in [4.78, 5) is 13.2. The lowest BCUT2D eigenvalue weighted by molar-refractivity contribution is -0.147. The first-order chi connectivity index (χ1) is 17.0. The van der Waals surface area contributed by atoms with Gasteiger partial charge >= 0.3 is 12.1 Å². The average Bonchev–Trinajstić information content (AvgIpc) is 2.80. The van der Waals surface area contributed by atoms with Crippen molar-refractivity contribution in [2.75, 3.05) is 19.6 Å². The highest BCUT2D eigenvalue weighted by atomic mass is 19.4. The van der Waals surface area contributed by atoms with Crippen molar-refractivity contribution in [2.24, 2.45) is 5.92 Å². The van der Waals surface area contributed by atoms with Gasteiger partial charge in [-0.1, -0.05) is 24.6 Å². The maximum Gasteiger partial charge on any atom is 0.419 e. The molecule has 0 spiro atoms. The molecule has 8 heteroatoms. The van der Waals surface area contributed by atoms with Gasteiger partial charge < -0.3 is 14.6 Å². The summed E-state index contributed by atoms with van der Waals surface area (Å²) in [6.07, 6.45) is -2.48. The zero-order valence-corrected chi connectivity index (χ0v) is 20.8. The maximum atomic E-state index is 13.6. The number of halogens is 3. The molecule has 0 aromatic heterocycles. The van der Waals surface area contributed by atoms with Gasteiger partial charge in [0.05, 0.1) is 17.6 Å². The molecule has 1 aliphatic heterocycles. The number of aliphatic carboxylic acids is 1. The lowest BCUT2D eigenvalue weighted by atomic mass is 9.85. The number of aryl methyl sites for hydroxylation is 1. The normalized spacial score (nSPS) is 17.4. The molecule has 0 saturated carbocycles. The molecule has 36 heavy (non-hydrogen) atoms. The van der Waals surface area contributed by atoms with Gasteiger partial charge in [-0.05, 0) is 79.6 Å². The molecule has 2 aromatic rings. The Hall–Kier alpha value is -3.00. The summed E-state index contributed by atoms with van der Waals surface area (Å²) in [5, 5.41) is 9.08. The van der Waals surface area contributed by atoms with E-state index in [9.17, 15) is 18.0 Å². The summed E-state index contributed by atoms with van der Waals surface area (Å²) < 4.78 is 52.2. The minimum atomic E-state index is -4.52. The Labute approximate surface area is 209 Å². The van der Waals surface area contributed by atoms with Gasteiger partial charge in [0, 0.05) is 19.6 Å². The highest BCUT2D eigenvalue weighted by molar-refractivity contribution is 5.73. The molecule has 0 bridgehead atoms. The molecule has 1 saturated heterocycles. The summed E-state index contributed by atoms with van der Waals surface area (Å²) in [5.74, 6) is -0.546. The smallest absolute Gasteiger partial charge is 0.419 e. The van der Waals surface area contributed by atoms with Gasteiger partial charge in [-0.15, -0.1) is 0 Å². The zero-order valence-electron chi connectivity index (χ0n) is 20.8. The fourth-order valence-corrected chi connectivity index (χ4v) is 4.68. The number of alkyl halides is 3. The van der Waals surface area contributed by atoms with Crippen LogP contribution in [0.5, 0.6) is 11.5 Å². The molecule has 0 amide bonds. The number of hydrogen-bond acceptors (Lipinski definition) is 4. The van der Waals surface area contributed by atoms with Crippen molar-refractivity contribution in [1.29, 1.82) is 0 Å². The van der Waals surface area contributed by atoms with Gasteiger partial charge in [0.1, 0.15) is 18.1 Å². The predicted octanol–water partition coefficient (Wildman–Crippen LogP) is 6.20. The van der Waals surface area contributed by atoms with Gasteiger partial charge in [0.15, 0.2) is 0 Å². The van der Waals surface area contributed by atoms with Crippen LogP contribution in [0.2, 0.25) is 0 Å². The van der Waals surface area contributed by atoms with E-state index in [0.717, 1.165) is 36.6 Å². The Balaban J connectivity index is 1.42. The quantitative estimate of drug-likeness (QED) is 0.442. The van der Waals surface area contributed by atoms with Crippen LogP contribution in [0.15, 0.2) is 42.0 Å². The molecule has 1 atom stereocenters. The first kappa shape index (κ1) is 26.1. The molecule has 2 aromatic carbocycles. The van der Waals surface area contributed by atoms with E-state index in [1.165, 1.54) is 17.2 Å². The summed E-state index contributed by atoms with van der Waals surface area (Å²) in [5.41, 5.74) is 4.44. The molecule has 2 aliphatic rings. The number of benzene rings is 2. The van der Waals surface area contributed by atoms with Crippen LogP contribution in [0.4, 0.5) is 13.2 Å². The Kier molecular flexibility index (Phi) is 7.64. The van der Waals surface area contributed by atoms with E-state index in [0.29, 0.717) is 30.8 Å². The molecule has 1 heterocycles. The molecule has 0 unspecified atom stereocenters. The minimum absolute atomic E-state index is 0.0191. The second-order valence-corrected chi connectivity index (χ2v) is 9.73. The number of carbonyl (C=O) groups is 1. The average molecular weight is 504 g/mol. The van der Waals surface area contributed by atoms with E-state index in [1.807, 2.05) is 25.1 Å². The van der Waals surface area contributed by atoms with Crippen LogP contribution in [0.25, 0.3) is 5.57 Å². The number of likely N-dealkylation sites (tertiary alicyclic amines) is 1. The Morgan fingerprint density at radius 1 is 1.17 bits per heavy atom. The fourth-order valence-electron chi connectivity index (χ4n) is 4.68. The molecular formula is C28H32F3NO4. The van der Waals surface area contributed by atoms with Gasteiger partial charge in [-0.2, -0.15) is 13.2 Å². The third kappa shape index (κ3) is 5.86. The van der Waals surface area contributed by atoms with Crippen LogP contribution in [0.1, 0.15) is 55.9 Å². The third-order valence-electron chi connectivity index (χ3n) is 7.09. The molecule has 5 nitrogen and oxygen atoms in total. The van der Waals surface area contributed by atoms with E-state index in [4.69, 9.17) is 14.6 Å². The maximum absolute atomic E-state index is 13.6. The van der Waals surface area contributed by atoms with Crippen molar-refractivity contribution in [2.45, 2.75) is 58.9 Å². The number of carboxylic acid groups (broad SMARTS) is 1. The van der Waals surface area contributed by atoms with Crippen LogP contribution >= 0.6 is 0 Å². The van der Waals surface area contributed by atoms with Crippen molar-refractivity contribution < 1.29 is 32.5 Å². The van der Waals surface area contributed by atoms with Crippen molar-refractivity contribution in [1.82, 2.24) is 4.90 Å². The molecule has 1 fully saturated rings. The highest BCUT2D eigenvalue weighted by Crippen LogP contribution is 2.38. The van der Waals surface area contributed by atoms with E-state index in [2.05, 4.69) is 11.8 Å². The van der Waals surface area contributed by atoms with Crippen LogP contribution < -0.4 is 9.47 Å². The highest BCUT2D eigenvalue weighted by Gasteiger charge is 2.35. The van der Waals surface area contributed by atoms with Crippen molar-refractivity contribution in [3.05, 3.63) is 64.2 Å².